The molecule has 0 radical (unpaired) electrons. The summed E-state index contributed by atoms with van der Waals surface area (Å²) in [4.78, 5) is 23.7. The van der Waals surface area contributed by atoms with Gasteiger partial charge in [-0.05, 0) is 31.7 Å². The minimum atomic E-state index is -0.401. The van der Waals surface area contributed by atoms with Crippen LogP contribution in [0.1, 0.15) is 37.9 Å². The van der Waals surface area contributed by atoms with Gasteiger partial charge in [0.15, 0.2) is 12.2 Å². The number of ether oxygens (including phenoxy) is 2. The van der Waals surface area contributed by atoms with E-state index in [2.05, 4.69) is 20.3 Å². The number of nitrogens with one attached hydrogen (secondary N) is 2. The van der Waals surface area contributed by atoms with Crippen molar-refractivity contribution < 1.29 is 18.7 Å². The average Bonchev–Trinajstić information content (AvgIpc) is 3.35. The molecule has 142 valence electrons. The second-order valence-electron chi connectivity index (χ2n) is 6.64. The Kier molecular flexibility index (Phi) is 4.95. The van der Waals surface area contributed by atoms with Crippen LogP contribution in [0.25, 0.3) is 22.4 Å². The molecular weight excluding hydrogens is 348 g/mol. The highest BCUT2D eigenvalue weighted by molar-refractivity contribution is 5.85. The van der Waals surface area contributed by atoms with Crippen LogP contribution in [-0.2, 0) is 11.3 Å². The second-order valence-corrected chi connectivity index (χ2v) is 6.64. The van der Waals surface area contributed by atoms with Crippen LogP contribution in [0, 0.1) is 0 Å². The van der Waals surface area contributed by atoms with Crippen LogP contribution in [0.4, 0.5) is 4.79 Å². The van der Waals surface area contributed by atoms with Gasteiger partial charge in [0.05, 0.1) is 36.4 Å². The molecule has 0 aliphatic heterocycles. The number of carbonyl (C=O) groups is 1. The molecule has 2 N–H and O–H groups in total. The van der Waals surface area contributed by atoms with Gasteiger partial charge >= 0.3 is 6.09 Å². The zero-order chi connectivity index (χ0) is 18.6. The quantitative estimate of drug-likeness (QED) is 0.708. The number of aromatic amines is 1. The molecule has 1 aliphatic rings. The van der Waals surface area contributed by atoms with E-state index in [-0.39, 0.29) is 12.6 Å². The number of methoxy groups -OCH3 is 1. The summed E-state index contributed by atoms with van der Waals surface area (Å²) in [7, 11) is 1.59. The fourth-order valence-electron chi connectivity index (χ4n) is 3.42. The Labute approximate surface area is 156 Å². The first-order valence-corrected chi connectivity index (χ1v) is 9.13. The second kappa shape index (κ2) is 7.69. The molecule has 0 atom stereocenters. The maximum Gasteiger partial charge on any atom is 0.407 e. The molecule has 8 heteroatoms. The highest BCUT2D eigenvalue weighted by Gasteiger charge is 2.18. The number of H-pyrrole nitrogens is 1. The molecule has 2 aromatic heterocycles. The van der Waals surface area contributed by atoms with Gasteiger partial charge in [-0.25, -0.2) is 14.8 Å². The fourth-order valence-corrected chi connectivity index (χ4v) is 3.42. The number of alkyl carbamates (subject to hydrolysis) is 1. The first-order valence-electron chi connectivity index (χ1n) is 9.13. The van der Waals surface area contributed by atoms with Gasteiger partial charge in [-0.3, -0.25) is 0 Å². The van der Waals surface area contributed by atoms with Gasteiger partial charge in [0.2, 0.25) is 0 Å². The van der Waals surface area contributed by atoms with Crippen molar-refractivity contribution in [1.82, 2.24) is 20.3 Å². The first kappa shape index (κ1) is 17.4. The van der Waals surface area contributed by atoms with Crippen LogP contribution in [0.5, 0.6) is 5.75 Å². The molecule has 3 aromatic rings. The van der Waals surface area contributed by atoms with Crippen LogP contribution >= 0.6 is 0 Å². The standard InChI is InChI=1S/C19H22N4O4/c1-25-16-8-15-14(7-13(16)17-9-20-11-26-17)22-18(23-15)10-21-19(24)27-12-5-3-2-4-6-12/h7-9,11-12H,2-6,10H2,1H3,(H,21,24)(H,22,23). The lowest BCUT2D eigenvalue weighted by Gasteiger charge is -2.21. The van der Waals surface area contributed by atoms with Crippen molar-refractivity contribution >= 4 is 17.1 Å². The van der Waals surface area contributed by atoms with E-state index in [0.717, 1.165) is 42.3 Å². The number of nitrogens with zero attached hydrogens (tertiary/aromatic N) is 2. The largest absolute Gasteiger partial charge is 0.496 e. The Morgan fingerprint density at radius 2 is 2.19 bits per heavy atom. The van der Waals surface area contributed by atoms with Gasteiger partial charge < -0.3 is 24.2 Å². The SMILES string of the molecule is COc1cc2nc(CNC(=O)OC3CCCCC3)[nH]c2cc1-c1cnco1. The van der Waals surface area contributed by atoms with Crippen molar-refractivity contribution in [3.63, 3.8) is 0 Å². The van der Waals surface area contributed by atoms with Crippen molar-refractivity contribution in [2.75, 3.05) is 7.11 Å². The van der Waals surface area contributed by atoms with E-state index in [1.165, 1.54) is 12.8 Å². The summed E-state index contributed by atoms with van der Waals surface area (Å²) in [5, 5.41) is 2.76. The molecule has 1 aliphatic carbocycles. The monoisotopic (exact) mass is 370 g/mol. The van der Waals surface area contributed by atoms with Gasteiger partial charge in [0.1, 0.15) is 17.7 Å². The minimum Gasteiger partial charge on any atom is -0.496 e. The van der Waals surface area contributed by atoms with E-state index < -0.39 is 6.09 Å². The van der Waals surface area contributed by atoms with Crippen molar-refractivity contribution in [2.24, 2.45) is 0 Å². The third kappa shape index (κ3) is 3.89. The van der Waals surface area contributed by atoms with Crippen molar-refractivity contribution in [3.8, 4) is 17.1 Å². The van der Waals surface area contributed by atoms with Gasteiger partial charge in [-0.2, -0.15) is 0 Å². The summed E-state index contributed by atoms with van der Waals surface area (Å²) in [5.41, 5.74) is 2.34. The maximum absolute atomic E-state index is 12.0. The lowest BCUT2D eigenvalue weighted by Crippen LogP contribution is -2.30. The molecule has 1 amide bonds. The lowest BCUT2D eigenvalue weighted by atomic mass is 9.98. The summed E-state index contributed by atoms with van der Waals surface area (Å²) in [6.45, 7) is 0.264. The number of rotatable bonds is 5. The normalized spacial score (nSPS) is 15.0. The number of imidazole rings is 1. The number of oxazole rings is 1. The predicted molar refractivity (Wildman–Crippen MR) is 98.3 cm³/mol. The van der Waals surface area contributed by atoms with Crippen LogP contribution in [0.3, 0.4) is 0 Å². The summed E-state index contributed by atoms with van der Waals surface area (Å²) in [5.74, 6) is 1.89. The fraction of sp³-hybridized carbons (Fsp3) is 0.421. The molecule has 0 bridgehead atoms. The number of carbonyl (C=O) groups excluding carboxylic acids is 1. The van der Waals surface area contributed by atoms with E-state index in [9.17, 15) is 4.79 Å². The Morgan fingerprint density at radius 3 is 2.93 bits per heavy atom. The molecule has 2 heterocycles. The van der Waals surface area contributed by atoms with Gasteiger partial charge in [0.25, 0.3) is 0 Å². The summed E-state index contributed by atoms with van der Waals surface area (Å²) < 4.78 is 16.3. The van der Waals surface area contributed by atoms with E-state index in [1.54, 1.807) is 13.3 Å². The van der Waals surface area contributed by atoms with Crippen LogP contribution in [0.2, 0.25) is 0 Å². The Balaban J connectivity index is 1.46. The summed E-state index contributed by atoms with van der Waals surface area (Å²) in [6, 6.07) is 3.72. The Hall–Kier alpha value is -3.03. The number of benzene rings is 1. The van der Waals surface area contributed by atoms with Crippen LogP contribution in [-0.4, -0.2) is 34.3 Å². The third-order valence-electron chi connectivity index (χ3n) is 4.78. The number of hydrogen-bond acceptors (Lipinski definition) is 6. The molecular formula is C19H22N4O4. The smallest absolute Gasteiger partial charge is 0.407 e. The summed E-state index contributed by atoms with van der Waals surface area (Å²) >= 11 is 0. The molecule has 4 rings (SSSR count). The van der Waals surface area contributed by atoms with E-state index >= 15 is 0 Å². The maximum atomic E-state index is 12.0. The van der Waals surface area contributed by atoms with Crippen molar-refractivity contribution in [3.05, 3.63) is 30.5 Å². The highest BCUT2D eigenvalue weighted by Crippen LogP contribution is 2.33. The molecule has 1 aromatic carbocycles. The number of aromatic nitrogens is 3. The molecule has 0 saturated heterocycles. The van der Waals surface area contributed by atoms with Crippen molar-refractivity contribution in [1.29, 1.82) is 0 Å². The zero-order valence-electron chi connectivity index (χ0n) is 15.2. The molecule has 0 spiro atoms. The van der Waals surface area contributed by atoms with Crippen LogP contribution in [0.15, 0.2) is 29.1 Å². The van der Waals surface area contributed by atoms with Gasteiger partial charge in [0, 0.05) is 6.07 Å². The zero-order valence-corrected chi connectivity index (χ0v) is 15.2. The molecule has 27 heavy (non-hydrogen) atoms. The number of fused-ring (bicyclic) bond motifs is 1. The molecule has 1 fully saturated rings. The topological polar surface area (TPSA) is 102 Å². The van der Waals surface area contributed by atoms with E-state index in [1.807, 2.05) is 12.1 Å². The molecule has 1 saturated carbocycles. The molecule has 8 nitrogen and oxygen atoms in total. The number of hydrogen-bond donors (Lipinski definition) is 2. The Morgan fingerprint density at radius 1 is 1.33 bits per heavy atom. The third-order valence-corrected chi connectivity index (χ3v) is 4.78. The summed E-state index contributed by atoms with van der Waals surface area (Å²) in [6.07, 6.45) is 7.99. The predicted octanol–water partition coefficient (Wildman–Crippen LogP) is 3.79. The number of amides is 1. The molecule has 0 unspecified atom stereocenters. The minimum absolute atomic E-state index is 0.0307. The lowest BCUT2D eigenvalue weighted by molar-refractivity contribution is 0.0748. The van der Waals surface area contributed by atoms with Crippen molar-refractivity contribution in [2.45, 2.75) is 44.8 Å². The van der Waals surface area contributed by atoms with Gasteiger partial charge in [-0.15, -0.1) is 0 Å². The highest BCUT2D eigenvalue weighted by atomic mass is 16.6. The first-order chi connectivity index (χ1) is 13.2. The van der Waals surface area contributed by atoms with E-state index in [0.29, 0.717) is 17.3 Å². The van der Waals surface area contributed by atoms with Crippen LogP contribution < -0.4 is 10.1 Å². The van der Waals surface area contributed by atoms with E-state index in [4.69, 9.17) is 13.9 Å². The van der Waals surface area contributed by atoms with Gasteiger partial charge in [-0.1, -0.05) is 6.42 Å². The Bertz CT molecular complexity index is 913. The average molecular weight is 370 g/mol.